The summed E-state index contributed by atoms with van der Waals surface area (Å²) in [5, 5.41) is 9.11. The summed E-state index contributed by atoms with van der Waals surface area (Å²) in [7, 11) is 0. The standard InChI is InChI=1S/C17H18O4/c1-2-11-20-14-7-9-15(10-8-14)21-12-13-5-3-4-6-16(13)17(18)19/h3-10H,2,11-12H2,1H3,(H,18,19). The van der Waals surface area contributed by atoms with Crippen LogP contribution in [-0.4, -0.2) is 17.7 Å². The predicted octanol–water partition coefficient (Wildman–Crippen LogP) is 3.75. The lowest BCUT2D eigenvalue weighted by atomic mass is 10.1. The van der Waals surface area contributed by atoms with Crippen molar-refractivity contribution in [2.45, 2.75) is 20.0 Å². The molecule has 2 aromatic rings. The first kappa shape index (κ1) is 14.9. The maximum atomic E-state index is 11.1. The van der Waals surface area contributed by atoms with Crippen LogP contribution in [-0.2, 0) is 6.61 Å². The van der Waals surface area contributed by atoms with Crippen LogP contribution in [0.1, 0.15) is 29.3 Å². The Labute approximate surface area is 123 Å². The van der Waals surface area contributed by atoms with E-state index in [4.69, 9.17) is 14.6 Å². The van der Waals surface area contributed by atoms with Crippen LogP contribution >= 0.6 is 0 Å². The molecule has 0 bridgehead atoms. The summed E-state index contributed by atoms with van der Waals surface area (Å²) >= 11 is 0. The smallest absolute Gasteiger partial charge is 0.336 e. The molecule has 0 spiro atoms. The number of aromatic carboxylic acids is 1. The zero-order chi connectivity index (χ0) is 15.1. The van der Waals surface area contributed by atoms with Crippen LogP contribution < -0.4 is 9.47 Å². The minimum atomic E-state index is -0.947. The third kappa shape index (κ3) is 4.24. The van der Waals surface area contributed by atoms with Gasteiger partial charge in [0.1, 0.15) is 18.1 Å². The lowest BCUT2D eigenvalue weighted by Crippen LogP contribution is -2.05. The van der Waals surface area contributed by atoms with E-state index in [2.05, 4.69) is 6.92 Å². The molecule has 0 aromatic heterocycles. The zero-order valence-corrected chi connectivity index (χ0v) is 11.9. The van der Waals surface area contributed by atoms with E-state index in [9.17, 15) is 4.79 Å². The van der Waals surface area contributed by atoms with Crippen LogP contribution in [0.15, 0.2) is 48.5 Å². The normalized spacial score (nSPS) is 10.1. The number of hydrogen-bond acceptors (Lipinski definition) is 3. The Balaban J connectivity index is 1.98. The van der Waals surface area contributed by atoms with E-state index in [0.29, 0.717) is 17.9 Å². The van der Waals surface area contributed by atoms with Gasteiger partial charge in [0.2, 0.25) is 0 Å². The number of carboxylic acids is 1. The van der Waals surface area contributed by atoms with Gasteiger partial charge in [-0.25, -0.2) is 4.79 Å². The summed E-state index contributed by atoms with van der Waals surface area (Å²) < 4.78 is 11.1. The number of benzene rings is 2. The van der Waals surface area contributed by atoms with Crippen molar-refractivity contribution in [3.8, 4) is 11.5 Å². The molecular formula is C17H18O4. The Morgan fingerprint density at radius 3 is 2.24 bits per heavy atom. The first-order chi connectivity index (χ1) is 10.2. The minimum Gasteiger partial charge on any atom is -0.494 e. The van der Waals surface area contributed by atoms with Gasteiger partial charge in [-0.05, 0) is 36.8 Å². The van der Waals surface area contributed by atoms with E-state index in [-0.39, 0.29) is 12.2 Å². The quantitative estimate of drug-likeness (QED) is 0.842. The second-order valence-electron chi connectivity index (χ2n) is 4.57. The van der Waals surface area contributed by atoms with Crippen LogP contribution in [0.3, 0.4) is 0 Å². The van der Waals surface area contributed by atoms with Gasteiger partial charge in [-0.2, -0.15) is 0 Å². The van der Waals surface area contributed by atoms with Gasteiger partial charge in [-0.15, -0.1) is 0 Å². The second kappa shape index (κ2) is 7.33. The Hall–Kier alpha value is -2.49. The van der Waals surface area contributed by atoms with E-state index < -0.39 is 5.97 Å². The van der Waals surface area contributed by atoms with E-state index >= 15 is 0 Å². The molecule has 1 N–H and O–H groups in total. The maximum absolute atomic E-state index is 11.1. The molecule has 2 aromatic carbocycles. The number of rotatable bonds is 7. The molecule has 21 heavy (non-hydrogen) atoms. The average molecular weight is 286 g/mol. The molecule has 0 radical (unpaired) electrons. The fourth-order valence-electron chi connectivity index (χ4n) is 1.87. The van der Waals surface area contributed by atoms with Crippen LogP contribution in [0.4, 0.5) is 0 Å². The summed E-state index contributed by atoms with van der Waals surface area (Å²) in [4.78, 5) is 11.1. The fraction of sp³-hybridized carbons (Fsp3) is 0.235. The highest BCUT2D eigenvalue weighted by Crippen LogP contribution is 2.19. The van der Waals surface area contributed by atoms with E-state index in [1.165, 1.54) is 0 Å². The van der Waals surface area contributed by atoms with Crippen molar-refractivity contribution in [1.82, 2.24) is 0 Å². The Bertz CT molecular complexity index is 590. The maximum Gasteiger partial charge on any atom is 0.336 e. The summed E-state index contributed by atoms with van der Waals surface area (Å²) in [5.74, 6) is 0.534. The highest BCUT2D eigenvalue weighted by atomic mass is 16.5. The molecule has 0 aliphatic heterocycles. The minimum absolute atomic E-state index is 0.220. The number of carboxylic acid groups (broad SMARTS) is 1. The van der Waals surface area contributed by atoms with Gasteiger partial charge in [0.15, 0.2) is 0 Å². The van der Waals surface area contributed by atoms with Crippen molar-refractivity contribution < 1.29 is 19.4 Å². The molecule has 0 aliphatic carbocycles. The van der Waals surface area contributed by atoms with Crippen molar-refractivity contribution in [3.63, 3.8) is 0 Å². The summed E-state index contributed by atoms with van der Waals surface area (Å²) in [6, 6.07) is 14.1. The van der Waals surface area contributed by atoms with Gasteiger partial charge in [-0.1, -0.05) is 25.1 Å². The molecule has 0 unspecified atom stereocenters. The van der Waals surface area contributed by atoms with Crippen LogP contribution in [0.5, 0.6) is 11.5 Å². The first-order valence-electron chi connectivity index (χ1n) is 6.87. The van der Waals surface area contributed by atoms with E-state index in [0.717, 1.165) is 12.2 Å². The number of hydrogen-bond donors (Lipinski definition) is 1. The molecule has 0 fully saturated rings. The lowest BCUT2D eigenvalue weighted by molar-refractivity contribution is 0.0694. The van der Waals surface area contributed by atoms with Crippen molar-refractivity contribution >= 4 is 5.97 Å². The number of ether oxygens (including phenoxy) is 2. The highest BCUT2D eigenvalue weighted by Gasteiger charge is 2.09. The molecule has 0 saturated carbocycles. The molecular weight excluding hydrogens is 268 g/mol. The predicted molar refractivity (Wildman–Crippen MR) is 80.0 cm³/mol. The summed E-state index contributed by atoms with van der Waals surface area (Å²) in [6.45, 7) is 2.96. The van der Waals surface area contributed by atoms with Gasteiger partial charge >= 0.3 is 5.97 Å². The van der Waals surface area contributed by atoms with Crippen LogP contribution in [0, 0.1) is 0 Å². The topological polar surface area (TPSA) is 55.8 Å². The Kier molecular flexibility index (Phi) is 5.21. The first-order valence-corrected chi connectivity index (χ1v) is 6.87. The molecule has 0 atom stereocenters. The highest BCUT2D eigenvalue weighted by molar-refractivity contribution is 5.89. The molecule has 110 valence electrons. The van der Waals surface area contributed by atoms with Gasteiger partial charge in [-0.3, -0.25) is 0 Å². The third-order valence-corrected chi connectivity index (χ3v) is 2.94. The summed E-state index contributed by atoms with van der Waals surface area (Å²) in [5.41, 5.74) is 0.914. The third-order valence-electron chi connectivity index (χ3n) is 2.94. The molecule has 0 aliphatic rings. The van der Waals surface area contributed by atoms with Gasteiger partial charge in [0.25, 0.3) is 0 Å². The Morgan fingerprint density at radius 2 is 1.62 bits per heavy atom. The molecule has 0 heterocycles. The molecule has 4 nitrogen and oxygen atoms in total. The zero-order valence-electron chi connectivity index (χ0n) is 11.9. The van der Waals surface area contributed by atoms with Crippen molar-refractivity contribution in [3.05, 3.63) is 59.7 Å². The van der Waals surface area contributed by atoms with Crippen molar-refractivity contribution in [2.24, 2.45) is 0 Å². The lowest BCUT2D eigenvalue weighted by Gasteiger charge is -2.10. The van der Waals surface area contributed by atoms with Gasteiger partial charge < -0.3 is 14.6 Å². The molecule has 0 saturated heterocycles. The fourth-order valence-corrected chi connectivity index (χ4v) is 1.87. The van der Waals surface area contributed by atoms with Crippen molar-refractivity contribution in [1.29, 1.82) is 0 Å². The van der Waals surface area contributed by atoms with E-state index in [1.807, 2.05) is 24.3 Å². The number of carbonyl (C=O) groups is 1. The second-order valence-corrected chi connectivity index (χ2v) is 4.57. The monoisotopic (exact) mass is 286 g/mol. The molecule has 4 heteroatoms. The SMILES string of the molecule is CCCOc1ccc(OCc2ccccc2C(=O)O)cc1. The van der Waals surface area contributed by atoms with Gasteiger partial charge in [0.05, 0.1) is 12.2 Å². The molecule has 0 amide bonds. The van der Waals surface area contributed by atoms with Crippen LogP contribution in [0.25, 0.3) is 0 Å². The van der Waals surface area contributed by atoms with Crippen LogP contribution in [0.2, 0.25) is 0 Å². The van der Waals surface area contributed by atoms with Gasteiger partial charge in [0, 0.05) is 5.56 Å². The average Bonchev–Trinajstić information content (AvgIpc) is 2.52. The molecule has 2 rings (SSSR count). The largest absolute Gasteiger partial charge is 0.494 e. The van der Waals surface area contributed by atoms with Crippen molar-refractivity contribution in [2.75, 3.05) is 6.61 Å². The van der Waals surface area contributed by atoms with E-state index in [1.54, 1.807) is 24.3 Å². The Morgan fingerprint density at radius 1 is 1.00 bits per heavy atom. The summed E-state index contributed by atoms with van der Waals surface area (Å²) in [6.07, 6.45) is 0.963.